The Kier molecular flexibility index (Phi) is 8.28. The summed E-state index contributed by atoms with van der Waals surface area (Å²) < 4.78 is 171. The average Bonchev–Trinajstić information content (AvgIpc) is 2.66. The maximum atomic E-state index is 14.4. The van der Waals surface area contributed by atoms with Crippen molar-refractivity contribution in [2.24, 2.45) is 0 Å². The summed E-state index contributed by atoms with van der Waals surface area (Å²) in [5.74, 6) is -56.7. The molecule has 0 aliphatic carbocycles. The second kappa shape index (κ2) is 8.94. The quantitative estimate of drug-likeness (QED) is 0.183. The van der Waals surface area contributed by atoms with Crippen molar-refractivity contribution in [3.63, 3.8) is 0 Å². The van der Waals surface area contributed by atoms with Crippen LogP contribution in [-0.2, 0) is 19.1 Å². The Balaban J connectivity index is 7.01. The SMILES string of the molecule is C=C(C)C(=O)OC(O)(OC(=O)C(=C)C)C(F)(F)C(F)(F)C(F)(F)C(F)(F)C(F)(F)C(F)(F)CO. The van der Waals surface area contributed by atoms with Gasteiger partial charge in [-0.3, -0.25) is 0 Å². The minimum atomic E-state index is -8.22. The minimum absolute atomic E-state index is 0.569. The molecule has 0 atom stereocenters. The Morgan fingerprint density at radius 2 is 0.912 bits per heavy atom. The molecular weight excluding hydrogens is 516 g/mol. The van der Waals surface area contributed by atoms with Gasteiger partial charge in [-0.05, 0) is 13.8 Å². The molecule has 0 radical (unpaired) electrons. The maximum Gasteiger partial charge on any atom is 0.448 e. The lowest BCUT2D eigenvalue weighted by molar-refractivity contribution is -0.486. The monoisotopic (exact) mass is 530 g/mol. The Morgan fingerprint density at radius 1 is 0.647 bits per heavy atom. The lowest BCUT2D eigenvalue weighted by atomic mass is 9.90. The summed E-state index contributed by atoms with van der Waals surface area (Å²) in [6, 6.07) is 0. The second-order valence-electron chi connectivity index (χ2n) is 6.66. The van der Waals surface area contributed by atoms with E-state index in [0.29, 0.717) is 13.8 Å². The molecule has 2 N–H and O–H groups in total. The van der Waals surface area contributed by atoms with Gasteiger partial charge in [0.15, 0.2) is 0 Å². The van der Waals surface area contributed by atoms with Crippen molar-refractivity contribution in [1.82, 2.24) is 0 Å². The lowest BCUT2D eigenvalue weighted by Crippen LogP contribution is -2.75. The van der Waals surface area contributed by atoms with E-state index < -0.39 is 71.2 Å². The summed E-state index contributed by atoms with van der Waals surface area (Å²) in [6.45, 7) is 3.22. The van der Waals surface area contributed by atoms with Gasteiger partial charge in [0.2, 0.25) is 0 Å². The molecule has 0 spiro atoms. The first kappa shape index (κ1) is 31.5. The summed E-state index contributed by atoms with van der Waals surface area (Å²) >= 11 is 0. The molecule has 0 aliphatic rings. The van der Waals surface area contributed by atoms with Crippen molar-refractivity contribution >= 4 is 11.9 Å². The summed E-state index contributed by atoms with van der Waals surface area (Å²) in [5, 5.41) is 17.6. The highest BCUT2D eigenvalue weighted by atomic mass is 19.4. The molecule has 0 aromatic carbocycles. The van der Waals surface area contributed by atoms with E-state index in [0.717, 1.165) is 0 Å². The third-order valence-corrected chi connectivity index (χ3v) is 3.79. The molecule has 198 valence electrons. The highest BCUT2D eigenvalue weighted by Crippen LogP contribution is 2.61. The molecule has 0 fully saturated rings. The number of esters is 2. The highest BCUT2D eigenvalue weighted by Gasteiger charge is 2.93. The summed E-state index contributed by atoms with van der Waals surface area (Å²) in [6.07, 6.45) is 0. The Hall–Kier alpha value is -2.50. The van der Waals surface area contributed by atoms with E-state index in [1.165, 1.54) is 0 Å². The molecule has 0 amide bonds. The zero-order valence-corrected chi connectivity index (χ0v) is 16.7. The Labute approximate surface area is 181 Å². The molecule has 0 unspecified atom stereocenters. The van der Waals surface area contributed by atoms with Crippen LogP contribution in [0.2, 0.25) is 0 Å². The van der Waals surface area contributed by atoms with Crippen LogP contribution in [-0.4, -0.2) is 70.3 Å². The molecule has 0 saturated heterocycles. The van der Waals surface area contributed by atoms with E-state index in [4.69, 9.17) is 5.11 Å². The van der Waals surface area contributed by atoms with E-state index in [1.807, 2.05) is 0 Å². The number of alkyl halides is 12. The Morgan fingerprint density at radius 3 is 1.18 bits per heavy atom. The fourth-order valence-corrected chi connectivity index (χ4v) is 1.69. The molecule has 18 heteroatoms. The maximum absolute atomic E-state index is 14.4. The average molecular weight is 530 g/mol. The second-order valence-corrected chi connectivity index (χ2v) is 6.66. The third kappa shape index (κ3) is 4.56. The van der Waals surface area contributed by atoms with Crippen molar-refractivity contribution in [2.45, 2.75) is 55.4 Å². The third-order valence-electron chi connectivity index (χ3n) is 3.79. The first-order chi connectivity index (χ1) is 14.7. The normalized spacial score (nSPS) is 14.5. The number of hydrogen-bond donors (Lipinski definition) is 2. The molecule has 0 aromatic rings. The summed E-state index contributed by atoms with van der Waals surface area (Å²) in [4.78, 5) is 22.8. The number of ether oxygens (including phenoxy) is 2. The van der Waals surface area contributed by atoms with Crippen LogP contribution in [0.25, 0.3) is 0 Å². The molecular formula is C16H14F12O6. The molecule has 0 aliphatic heterocycles. The first-order valence-corrected chi connectivity index (χ1v) is 8.09. The van der Waals surface area contributed by atoms with E-state index in [9.17, 15) is 67.4 Å². The van der Waals surface area contributed by atoms with E-state index in [2.05, 4.69) is 22.6 Å². The molecule has 6 nitrogen and oxygen atoms in total. The molecule has 0 saturated carbocycles. The van der Waals surface area contributed by atoms with Crippen molar-refractivity contribution in [2.75, 3.05) is 6.61 Å². The standard InChI is InChI=1S/C16H14F12O6/c1-6(2)8(30)33-16(32,34-9(31)7(3)4)15(27,28)14(25,26)13(23,24)12(21,22)11(19,20)10(17,18)5-29/h29,32H,1,3,5H2,2,4H3. The molecule has 0 heterocycles. The number of aliphatic hydroxyl groups is 2. The van der Waals surface area contributed by atoms with Crippen molar-refractivity contribution < 1.29 is 82.0 Å². The van der Waals surface area contributed by atoms with Gasteiger partial charge in [0, 0.05) is 11.1 Å². The van der Waals surface area contributed by atoms with E-state index in [1.54, 1.807) is 0 Å². The zero-order valence-electron chi connectivity index (χ0n) is 16.7. The van der Waals surface area contributed by atoms with Crippen LogP contribution < -0.4 is 0 Å². The number of carbonyl (C=O) groups excluding carboxylic acids is 2. The van der Waals surface area contributed by atoms with Crippen molar-refractivity contribution in [3.05, 3.63) is 24.3 Å². The number of rotatable bonds is 11. The predicted octanol–water partition coefficient (Wildman–Crippen LogP) is 3.68. The predicted molar refractivity (Wildman–Crippen MR) is 83.5 cm³/mol. The van der Waals surface area contributed by atoms with Gasteiger partial charge in [-0.25, -0.2) is 9.59 Å². The number of carbonyl (C=O) groups is 2. The van der Waals surface area contributed by atoms with Crippen molar-refractivity contribution in [3.8, 4) is 0 Å². The fraction of sp³-hybridized carbons (Fsp3) is 0.625. The molecule has 0 bridgehead atoms. The largest absolute Gasteiger partial charge is 0.448 e. The summed E-state index contributed by atoms with van der Waals surface area (Å²) in [5.41, 5.74) is -2.15. The van der Waals surface area contributed by atoms with E-state index >= 15 is 0 Å². The van der Waals surface area contributed by atoms with E-state index in [-0.39, 0.29) is 0 Å². The first-order valence-electron chi connectivity index (χ1n) is 8.09. The van der Waals surface area contributed by atoms with Crippen LogP contribution in [0.4, 0.5) is 52.7 Å². The number of hydrogen-bond acceptors (Lipinski definition) is 6. The van der Waals surface area contributed by atoms with Gasteiger partial charge < -0.3 is 19.7 Å². The van der Waals surface area contributed by atoms with Gasteiger partial charge in [-0.15, -0.1) is 0 Å². The zero-order chi connectivity index (χ0) is 27.9. The van der Waals surface area contributed by atoms with Crippen LogP contribution in [0.5, 0.6) is 0 Å². The van der Waals surface area contributed by atoms with Gasteiger partial charge >= 0.3 is 53.4 Å². The van der Waals surface area contributed by atoms with Gasteiger partial charge in [-0.2, -0.15) is 52.7 Å². The van der Waals surface area contributed by atoms with Gasteiger partial charge in [0.1, 0.15) is 6.61 Å². The van der Waals surface area contributed by atoms with Crippen molar-refractivity contribution in [1.29, 1.82) is 0 Å². The van der Waals surface area contributed by atoms with Crippen LogP contribution in [0.15, 0.2) is 24.3 Å². The van der Waals surface area contributed by atoms with Crippen LogP contribution >= 0.6 is 0 Å². The highest BCUT2D eigenvalue weighted by molar-refractivity contribution is 5.89. The van der Waals surface area contributed by atoms with Gasteiger partial charge in [0.05, 0.1) is 0 Å². The van der Waals surface area contributed by atoms with Crippen LogP contribution in [0.3, 0.4) is 0 Å². The minimum Gasteiger partial charge on any atom is -0.390 e. The topological polar surface area (TPSA) is 93.1 Å². The van der Waals surface area contributed by atoms with Crippen LogP contribution in [0, 0.1) is 0 Å². The fourth-order valence-electron chi connectivity index (χ4n) is 1.69. The number of halogens is 12. The Bertz CT molecular complexity index is 823. The van der Waals surface area contributed by atoms with Crippen LogP contribution in [0.1, 0.15) is 13.8 Å². The molecule has 0 rings (SSSR count). The molecule has 34 heavy (non-hydrogen) atoms. The summed E-state index contributed by atoms with van der Waals surface area (Å²) in [7, 11) is 0. The number of aliphatic hydroxyl groups excluding tert-OH is 1. The van der Waals surface area contributed by atoms with Gasteiger partial charge in [0.25, 0.3) is 0 Å². The smallest absolute Gasteiger partial charge is 0.390 e. The lowest BCUT2D eigenvalue weighted by Gasteiger charge is -2.43. The van der Waals surface area contributed by atoms with Gasteiger partial charge in [-0.1, -0.05) is 13.2 Å². The molecule has 0 aromatic heterocycles.